The summed E-state index contributed by atoms with van der Waals surface area (Å²) in [6, 6.07) is 10.0. The summed E-state index contributed by atoms with van der Waals surface area (Å²) in [5.74, 6) is -0.690. The zero-order valence-electron chi connectivity index (χ0n) is 15.4. The number of thioether (sulfide) groups is 1. The predicted octanol–water partition coefficient (Wildman–Crippen LogP) is 5.45. The number of carbonyl (C=O) groups is 2. The summed E-state index contributed by atoms with van der Waals surface area (Å²) in [5, 5.41) is 13.0. The van der Waals surface area contributed by atoms with E-state index in [4.69, 9.17) is 12.2 Å². The lowest BCUT2D eigenvalue weighted by Gasteiger charge is -2.22. The number of aryl methyl sites for hydroxylation is 1. The lowest BCUT2D eigenvalue weighted by molar-refractivity contribution is -0.129. The maximum atomic E-state index is 12.9. The summed E-state index contributed by atoms with van der Waals surface area (Å²) < 4.78 is 1.54. The molecule has 1 aliphatic rings. The number of carbonyl (C=O) groups excluding carboxylic acids is 2. The van der Waals surface area contributed by atoms with Gasteiger partial charge in [0.2, 0.25) is 5.91 Å². The van der Waals surface area contributed by atoms with Crippen LogP contribution in [0.5, 0.6) is 5.75 Å². The number of hydrogen-bond donors (Lipinski definition) is 2. The van der Waals surface area contributed by atoms with Crippen molar-refractivity contribution in [3.8, 4) is 5.75 Å². The van der Waals surface area contributed by atoms with Crippen LogP contribution in [-0.2, 0) is 9.59 Å². The number of amides is 2. The largest absolute Gasteiger partial charge is 0.506 e. The number of aromatic hydroxyl groups is 1. The highest BCUT2D eigenvalue weighted by molar-refractivity contribution is 9.11. The van der Waals surface area contributed by atoms with Crippen LogP contribution < -0.4 is 5.32 Å². The van der Waals surface area contributed by atoms with Crippen molar-refractivity contribution in [1.82, 2.24) is 4.90 Å². The topological polar surface area (TPSA) is 69.6 Å². The van der Waals surface area contributed by atoms with Crippen LogP contribution in [0.1, 0.15) is 18.1 Å². The van der Waals surface area contributed by atoms with Gasteiger partial charge in [0.15, 0.2) is 0 Å². The summed E-state index contributed by atoms with van der Waals surface area (Å²) in [5.41, 5.74) is 2.20. The molecule has 1 aliphatic heterocycles. The molecule has 2 amide bonds. The standard InChI is InChI=1S/C20H16Br2N2O3S2/c1-10-3-5-14(6-4-10)23-18(26)11(2)24-19(27)16(29-20(24)28)8-12-7-13(21)9-15(22)17(12)25/h3-9,11,25H,1-2H3,(H,23,26)/b16-8-. The van der Waals surface area contributed by atoms with Crippen molar-refractivity contribution in [1.29, 1.82) is 0 Å². The van der Waals surface area contributed by atoms with Gasteiger partial charge in [-0.1, -0.05) is 57.6 Å². The van der Waals surface area contributed by atoms with Gasteiger partial charge in [-0.05, 0) is 60.1 Å². The van der Waals surface area contributed by atoms with Crippen molar-refractivity contribution in [2.24, 2.45) is 0 Å². The van der Waals surface area contributed by atoms with Crippen LogP contribution in [0.2, 0.25) is 0 Å². The molecule has 1 unspecified atom stereocenters. The molecule has 5 nitrogen and oxygen atoms in total. The Labute approximate surface area is 194 Å². The average molecular weight is 556 g/mol. The Morgan fingerprint density at radius 1 is 1.28 bits per heavy atom. The Morgan fingerprint density at radius 2 is 1.93 bits per heavy atom. The van der Waals surface area contributed by atoms with Crippen molar-refractivity contribution in [2.75, 3.05) is 5.32 Å². The number of hydrogen-bond acceptors (Lipinski definition) is 5. The average Bonchev–Trinajstić information content (AvgIpc) is 2.93. The van der Waals surface area contributed by atoms with E-state index in [9.17, 15) is 14.7 Å². The second kappa shape index (κ2) is 8.99. The van der Waals surface area contributed by atoms with Crippen LogP contribution in [0.25, 0.3) is 6.08 Å². The zero-order chi connectivity index (χ0) is 21.3. The summed E-state index contributed by atoms with van der Waals surface area (Å²) in [6.45, 7) is 3.59. The first-order chi connectivity index (χ1) is 13.7. The number of halogens is 2. The highest BCUT2D eigenvalue weighted by Crippen LogP contribution is 2.38. The van der Waals surface area contributed by atoms with E-state index in [2.05, 4.69) is 37.2 Å². The Kier molecular flexibility index (Phi) is 6.83. The van der Waals surface area contributed by atoms with E-state index in [0.717, 1.165) is 21.8 Å². The third-order valence-corrected chi connectivity index (χ3v) is 6.65. The van der Waals surface area contributed by atoms with Gasteiger partial charge in [0, 0.05) is 15.7 Å². The van der Waals surface area contributed by atoms with Crippen molar-refractivity contribution < 1.29 is 14.7 Å². The second-order valence-electron chi connectivity index (χ2n) is 6.41. The third kappa shape index (κ3) is 4.91. The van der Waals surface area contributed by atoms with Gasteiger partial charge < -0.3 is 10.4 Å². The number of nitrogens with one attached hydrogen (secondary N) is 1. The first-order valence-corrected chi connectivity index (χ1v) is 11.3. The number of nitrogens with zero attached hydrogens (tertiary/aromatic N) is 1. The normalized spacial score (nSPS) is 16.4. The molecule has 0 spiro atoms. The fraction of sp³-hybridized carbons (Fsp3) is 0.150. The fourth-order valence-corrected chi connectivity index (χ4v) is 5.32. The van der Waals surface area contributed by atoms with Crippen LogP contribution in [0, 0.1) is 6.92 Å². The van der Waals surface area contributed by atoms with Crippen LogP contribution in [0.4, 0.5) is 5.69 Å². The van der Waals surface area contributed by atoms with Gasteiger partial charge in [0.1, 0.15) is 16.1 Å². The Hall–Kier alpha value is -1.68. The van der Waals surface area contributed by atoms with Crippen LogP contribution >= 0.6 is 55.8 Å². The van der Waals surface area contributed by atoms with E-state index in [0.29, 0.717) is 24.9 Å². The predicted molar refractivity (Wildman–Crippen MR) is 128 cm³/mol. The molecule has 0 aliphatic carbocycles. The van der Waals surface area contributed by atoms with E-state index in [1.54, 1.807) is 37.3 Å². The van der Waals surface area contributed by atoms with Gasteiger partial charge in [-0.3, -0.25) is 14.5 Å². The molecule has 0 saturated carbocycles. The van der Waals surface area contributed by atoms with Gasteiger partial charge in [0.25, 0.3) is 5.91 Å². The molecule has 0 aromatic heterocycles. The minimum atomic E-state index is -0.780. The van der Waals surface area contributed by atoms with Crippen LogP contribution in [0.3, 0.4) is 0 Å². The number of thiocarbonyl (C=S) groups is 1. The lowest BCUT2D eigenvalue weighted by Crippen LogP contribution is -2.44. The lowest BCUT2D eigenvalue weighted by atomic mass is 10.1. The highest BCUT2D eigenvalue weighted by atomic mass is 79.9. The number of phenolic OH excluding ortho intramolecular Hbond substituents is 1. The molecule has 2 N–H and O–H groups in total. The molecular formula is C20H16Br2N2O3S2. The number of anilines is 1. The maximum absolute atomic E-state index is 12.9. The molecule has 1 saturated heterocycles. The third-order valence-electron chi connectivity index (χ3n) is 4.25. The monoisotopic (exact) mass is 554 g/mol. The van der Waals surface area contributed by atoms with Gasteiger partial charge in [-0.15, -0.1) is 0 Å². The first kappa shape index (κ1) is 22.0. The minimum Gasteiger partial charge on any atom is -0.506 e. The van der Waals surface area contributed by atoms with Crippen LogP contribution in [-0.4, -0.2) is 32.2 Å². The van der Waals surface area contributed by atoms with Gasteiger partial charge in [0.05, 0.1) is 9.38 Å². The Morgan fingerprint density at radius 3 is 2.59 bits per heavy atom. The SMILES string of the molecule is Cc1ccc(NC(=O)C(C)N2C(=O)/C(=C/c3cc(Br)cc(Br)c3O)SC2=S)cc1. The molecule has 0 bridgehead atoms. The molecule has 1 heterocycles. The molecule has 0 radical (unpaired) electrons. The minimum absolute atomic E-state index is 0.0173. The van der Waals surface area contributed by atoms with Gasteiger partial charge >= 0.3 is 0 Å². The molecule has 9 heteroatoms. The summed E-state index contributed by atoms with van der Waals surface area (Å²) >= 11 is 13.1. The maximum Gasteiger partial charge on any atom is 0.266 e. The molecular weight excluding hydrogens is 540 g/mol. The van der Waals surface area contributed by atoms with E-state index < -0.39 is 6.04 Å². The summed E-state index contributed by atoms with van der Waals surface area (Å²) in [4.78, 5) is 27.2. The summed E-state index contributed by atoms with van der Waals surface area (Å²) in [6.07, 6.45) is 1.56. The van der Waals surface area contributed by atoms with Crippen molar-refractivity contribution in [2.45, 2.75) is 19.9 Å². The van der Waals surface area contributed by atoms with Crippen molar-refractivity contribution >= 4 is 83.7 Å². The van der Waals surface area contributed by atoms with Gasteiger partial charge in [-0.2, -0.15) is 0 Å². The number of rotatable bonds is 4. The summed E-state index contributed by atoms with van der Waals surface area (Å²) in [7, 11) is 0. The van der Waals surface area contributed by atoms with E-state index in [1.165, 1.54) is 4.90 Å². The zero-order valence-corrected chi connectivity index (χ0v) is 20.2. The molecule has 2 aromatic carbocycles. The van der Waals surface area contributed by atoms with Gasteiger partial charge in [-0.25, -0.2) is 0 Å². The molecule has 2 aromatic rings. The molecule has 150 valence electrons. The second-order valence-corrected chi connectivity index (χ2v) is 9.85. The van der Waals surface area contributed by atoms with E-state index >= 15 is 0 Å². The first-order valence-electron chi connectivity index (χ1n) is 8.50. The molecule has 1 fully saturated rings. The van der Waals surface area contributed by atoms with Crippen molar-refractivity contribution in [3.05, 3.63) is 61.4 Å². The van der Waals surface area contributed by atoms with Crippen LogP contribution in [0.15, 0.2) is 50.2 Å². The number of phenols is 1. The highest BCUT2D eigenvalue weighted by Gasteiger charge is 2.38. The molecule has 1 atom stereocenters. The quantitative estimate of drug-likeness (QED) is 0.387. The fourth-order valence-electron chi connectivity index (χ4n) is 2.65. The smallest absolute Gasteiger partial charge is 0.266 e. The van der Waals surface area contributed by atoms with E-state index in [1.807, 2.05) is 19.1 Å². The Balaban J connectivity index is 1.81. The Bertz CT molecular complexity index is 1040. The van der Waals surface area contributed by atoms with E-state index in [-0.39, 0.29) is 17.6 Å². The molecule has 3 rings (SSSR count). The van der Waals surface area contributed by atoms with Crippen molar-refractivity contribution in [3.63, 3.8) is 0 Å². The number of benzene rings is 2. The molecule has 29 heavy (non-hydrogen) atoms.